The van der Waals surface area contributed by atoms with Crippen LogP contribution in [0.4, 0.5) is 11.4 Å². The molecule has 0 atom stereocenters. The summed E-state index contributed by atoms with van der Waals surface area (Å²) < 4.78 is 15.6. The zero-order chi connectivity index (χ0) is 14.8. The molecule has 1 amide bonds. The number of ether oxygens (including phenoxy) is 3. The minimum absolute atomic E-state index is 0.0248. The summed E-state index contributed by atoms with van der Waals surface area (Å²) in [5.41, 5.74) is 6.78. The molecular weight excluding hydrogens is 260 g/mol. The SMILES string of the molecule is CCCOCCOCC(=O)Nc1ccc(N)cc1OC. The van der Waals surface area contributed by atoms with E-state index in [9.17, 15) is 4.79 Å². The number of methoxy groups -OCH3 is 1. The fraction of sp³-hybridized carbons (Fsp3) is 0.500. The molecule has 0 spiro atoms. The molecule has 0 aliphatic carbocycles. The van der Waals surface area contributed by atoms with Crippen molar-refractivity contribution in [3.05, 3.63) is 18.2 Å². The van der Waals surface area contributed by atoms with E-state index in [4.69, 9.17) is 19.9 Å². The second kappa shape index (κ2) is 9.17. The van der Waals surface area contributed by atoms with Gasteiger partial charge in [0.15, 0.2) is 0 Å². The highest BCUT2D eigenvalue weighted by Crippen LogP contribution is 2.26. The highest BCUT2D eigenvalue weighted by atomic mass is 16.5. The zero-order valence-electron chi connectivity index (χ0n) is 12.0. The summed E-state index contributed by atoms with van der Waals surface area (Å²) in [6.45, 7) is 3.61. The van der Waals surface area contributed by atoms with Crippen LogP contribution in [0.5, 0.6) is 5.75 Å². The fourth-order valence-corrected chi connectivity index (χ4v) is 1.53. The topological polar surface area (TPSA) is 82.8 Å². The lowest BCUT2D eigenvalue weighted by Gasteiger charge is -2.11. The van der Waals surface area contributed by atoms with Crippen LogP contribution in [0.2, 0.25) is 0 Å². The first kappa shape index (κ1) is 16.3. The van der Waals surface area contributed by atoms with Gasteiger partial charge in [0.1, 0.15) is 12.4 Å². The van der Waals surface area contributed by atoms with Gasteiger partial charge in [-0.3, -0.25) is 4.79 Å². The third kappa shape index (κ3) is 5.90. The Kier molecular flexibility index (Phi) is 7.46. The summed E-state index contributed by atoms with van der Waals surface area (Å²) in [6, 6.07) is 5.03. The number of hydrogen-bond donors (Lipinski definition) is 2. The van der Waals surface area contributed by atoms with E-state index in [1.54, 1.807) is 18.2 Å². The molecule has 6 nitrogen and oxygen atoms in total. The molecule has 0 saturated heterocycles. The molecule has 1 rings (SSSR count). The van der Waals surface area contributed by atoms with Gasteiger partial charge >= 0.3 is 0 Å². The number of nitrogens with one attached hydrogen (secondary N) is 1. The van der Waals surface area contributed by atoms with E-state index in [1.165, 1.54) is 7.11 Å². The molecule has 0 unspecified atom stereocenters. The number of nitrogens with two attached hydrogens (primary N) is 1. The van der Waals surface area contributed by atoms with Crippen molar-refractivity contribution in [2.24, 2.45) is 0 Å². The monoisotopic (exact) mass is 282 g/mol. The van der Waals surface area contributed by atoms with Gasteiger partial charge in [-0.05, 0) is 18.6 Å². The van der Waals surface area contributed by atoms with Gasteiger partial charge in [0.25, 0.3) is 0 Å². The van der Waals surface area contributed by atoms with E-state index < -0.39 is 0 Å². The van der Waals surface area contributed by atoms with Crippen molar-refractivity contribution in [3.63, 3.8) is 0 Å². The molecule has 3 N–H and O–H groups in total. The van der Waals surface area contributed by atoms with E-state index in [0.717, 1.165) is 6.42 Å². The lowest BCUT2D eigenvalue weighted by atomic mass is 10.2. The van der Waals surface area contributed by atoms with Gasteiger partial charge < -0.3 is 25.3 Å². The maximum Gasteiger partial charge on any atom is 0.250 e. The number of benzene rings is 1. The molecule has 112 valence electrons. The maximum absolute atomic E-state index is 11.7. The number of rotatable bonds is 9. The third-order valence-corrected chi connectivity index (χ3v) is 2.45. The van der Waals surface area contributed by atoms with E-state index in [0.29, 0.717) is 36.9 Å². The van der Waals surface area contributed by atoms with Gasteiger partial charge in [0.2, 0.25) is 5.91 Å². The Morgan fingerprint density at radius 1 is 1.25 bits per heavy atom. The molecule has 0 saturated carbocycles. The Hall–Kier alpha value is -1.79. The van der Waals surface area contributed by atoms with Crippen LogP contribution in [0.25, 0.3) is 0 Å². The average Bonchev–Trinajstić information content (AvgIpc) is 2.44. The van der Waals surface area contributed by atoms with Crippen LogP contribution < -0.4 is 15.8 Å². The number of anilines is 2. The van der Waals surface area contributed by atoms with Gasteiger partial charge in [-0.15, -0.1) is 0 Å². The molecule has 20 heavy (non-hydrogen) atoms. The highest BCUT2D eigenvalue weighted by Gasteiger charge is 2.07. The summed E-state index contributed by atoms with van der Waals surface area (Å²) in [4.78, 5) is 11.7. The molecule has 0 heterocycles. The van der Waals surface area contributed by atoms with Crippen molar-refractivity contribution < 1.29 is 19.0 Å². The summed E-state index contributed by atoms with van der Waals surface area (Å²) in [7, 11) is 1.52. The van der Waals surface area contributed by atoms with Crippen LogP contribution in [-0.2, 0) is 14.3 Å². The predicted octanol–water partition coefficient (Wildman–Crippen LogP) is 1.66. The molecule has 0 bridgehead atoms. The minimum atomic E-state index is -0.247. The van der Waals surface area contributed by atoms with Crippen molar-refractivity contribution in [2.45, 2.75) is 13.3 Å². The van der Waals surface area contributed by atoms with Gasteiger partial charge in [-0.1, -0.05) is 6.92 Å². The van der Waals surface area contributed by atoms with Gasteiger partial charge in [0, 0.05) is 18.4 Å². The van der Waals surface area contributed by atoms with E-state index >= 15 is 0 Å². The zero-order valence-corrected chi connectivity index (χ0v) is 12.0. The van der Waals surface area contributed by atoms with Crippen LogP contribution in [0.1, 0.15) is 13.3 Å². The molecule has 6 heteroatoms. The Balaban J connectivity index is 2.32. The molecule has 0 fully saturated rings. The normalized spacial score (nSPS) is 10.3. The molecule has 1 aromatic carbocycles. The Morgan fingerprint density at radius 3 is 2.70 bits per heavy atom. The van der Waals surface area contributed by atoms with E-state index in [1.807, 2.05) is 6.92 Å². The summed E-state index contributed by atoms with van der Waals surface area (Å²) in [5, 5.41) is 2.71. The van der Waals surface area contributed by atoms with Crippen molar-refractivity contribution in [1.29, 1.82) is 0 Å². The number of carbonyl (C=O) groups is 1. The van der Waals surface area contributed by atoms with Crippen molar-refractivity contribution in [1.82, 2.24) is 0 Å². The average molecular weight is 282 g/mol. The van der Waals surface area contributed by atoms with E-state index in [2.05, 4.69) is 5.32 Å². The third-order valence-electron chi connectivity index (χ3n) is 2.45. The number of nitrogen functional groups attached to an aromatic ring is 1. The first-order valence-electron chi connectivity index (χ1n) is 6.56. The van der Waals surface area contributed by atoms with Crippen LogP contribution >= 0.6 is 0 Å². The minimum Gasteiger partial charge on any atom is -0.494 e. The Bertz CT molecular complexity index is 424. The predicted molar refractivity (Wildman–Crippen MR) is 78.0 cm³/mol. The first-order valence-corrected chi connectivity index (χ1v) is 6.56. The summed E-state index contributed by atoms with van der Waals surface area (Å²) >= 11 is 0. The summed E-state index contributed by atoms with van der Waals surface area (Å²) in [5.74, 6) is 0.271. The fourth-order valence-electron chi connectivity index (χ4n) is 1.53. The molecular formula is C14H22N2O4. The van der Waals surface area contributed by atoms with Gasteiger partial charge in [0.05, 0.1) is 26.0 Å². The molecule has 0 aromatic heterocycles. The number of hydrogen-bond acceptors (Lipinski definition) is 5. The van der Waals surface area contributed by atoms with Crippen LogP contribution in [0.15, 0.2) is 18.2 Å². The second-order valence-corrected chi connectivity index (χ2v) is 4.17. The first-order chi connectivity index (χ1) is 9.67. The second-order valence-electron chi connectivity index (χ2n) is 4.17. The van der Waals surface area contributed by atoms with Gasteiger partial charge in [-0.2, -0.15) is 0 Å². The standard InChI is InChI=1S/C14H22N2O4/c1-3-6-19-7-8-20-10-14(17)16-12-5-4-11(15)9-13(12)18-2/h4-5,9H,3,6-8,10,15H2,1-2H3,(H,16,17). The Morgan fingerprint density at radius 2 is 2.00 bits per heavy atom. The number of carbonyl (C=O) groups excluding carboxylic acids is 1. The molecule has 0 aliphatic rings. The van der Waals surface area contributed by atoms with Crippen LogP contribution in [0, 0.1) is 0 Å². The quantitative estimate of drug-likeness (QED) is 0.531. The molecule has 0 aliphatic heterocycles. The lowest BCUT2D eigenvalue weighted by Crippen LogP contribution is -2.20. The Labute approximate surface area is 119 Å². The van der Waals surface area contributed by atoms with Crippen LogP contribution in [0.3, 0.4) is 0 Å². The maximum atomic E-state index is 11.7. The lowest BCUT2D eigenvalue weighted by molar-refractivity contribution is -0.121. The summed E-state index contributed by atoms with van der Waals surface area (Å²) in [6.07, 6.45) is 0.970. The van der Waals surface area contributed by atoms with Crippen LogP contribution in [-0.4, -0.2) is 39.4 Å². The largest absolute Gasteiger partial charge is 0.494 e. The molecule has 1 aromatic rings. The molecule has 0 radical (unpaired) electrons. The van der Waals surface area contributed by atoms with E-state index in [-0.39, 0.29) is 12.5 Å². The number of amides is 1. The van der Waals surface area contributed by atoms with Gasteiger partial charge in [-0.25, -0.2) is 0 Å². The van der Waals surface area contributed by atoms with Crippen molar-refractivity contribution >= 4 is 17.3 Å². The smallest absolute Gasteiger partial charge is 0.250 e. The van der Waals surface area contributed by atoms with Crippen molar-refractivity contribution in [2.75, 3.05) is 44.6 Å². The highest BCUT2D eigenvalue weighted by molar-refractivity contribution is 5.93. The van der Waals surface area contributed by atoms with Crippen molar-refractivity contribution in [3.8, 4) is 5.75 Å².